The molecule has 0 amide bonds. The van der Waals surface area contributed by atoms with Gasteiger partial charge < -0.3 is 158 Å². The Morgan fingerprint density at radius 3 is 0.729 bits per heavy atom. The number of hydrogen-bond acceptors (Lipinski definition) is 32. The largest absolute Gasteiger partial charge is 0.550 e. The molecule has 8 atom stereocenters. The van der Waals surface area contributed by atoms with Gasteiger partial charge in [-0.3, -0.25) is 0 Å². The van der Waals surface area contributed by atoms with Crippen LogP contribution in [0.2, 0.25) is 0 Å². The van der Waals surface area contributed by atoms with E-state index in [0.29, 0.717) is 5.57 Å². The maximum Gasteiger partial charge on any atom is 0.0721 e. The van der Waals surface area contributed by atoms with Gasteiger partial charge in [-0.2, -0.15) is 0 Å². The lowest BCUT2D eigenvalue weighted by Crippen LogP contribution is -2.45. The average Bonchev–Trinajstić information content (AvgIpc) is 1.37. The van der Waals surface area contributed by atoms with E-state index in [4.69, 9.17) is 0 Å². The number of carbonyl (C=O) groups is 16. The Bertz CT molecular complexity index is 3060. The Hall–Kier alpha value is -10.6. The van der Waals surface area contributed by atoms with Crippen LogP contribution in [0.25, 0.3) is 0 Å². The molecule has 96 heavy (non-hydrogen) atoms. The van der Waals surface area contributed by atoms with Crippen LogP contribution < -0.4 is 81.7 Å². The molecule has 0 saturated heterocycles. The van der Waals surface area contributed by atoms with Crippen LogP contribution >= 0.6 is 0 Å². The van der Waals surface area contributed by atoms with Crippen molar-refractivity contribution in [2.45, 2.75) is 150 Å². The van der Waals surface area contributed by atoms with Crippen LogP contribution in [0.4, 0.5) is 0 Å². The molecule has 0 fully saturated rings. The van der Waals surface area contributed by atoms with Crippen LogP contribution in [-0.2, 0) is 76.7 Å². The van der Waals surface area contributed by atoms with Crippen molar-refractivity contribution < 1.29 is 158 Å². The van der Waals surface area contributed by atoms with E-state index in [-0.39, 0.29) is 128 Å². The van der Waals surface area contributed by atoms with Crippen molar-refractivity contribution in [2.75, 3.05) is 0 Å². The normalized spacial score (nSPS) is 23.3. The lowest BCUT2D eigenvalue weighted by atomic mass is 9.71. The lowest BCUT2D eigenvalue weighted by molar-refractivity contribution is -0.327. The molecule has 0 bridgehead atoms. The molecule has 8 unspecified atom stereocenters. The summed E-state index contributed by atoms with van der Waals surface area (Å²) >= 11 is 0. The first-order valence-electron chi connectivity index (χ1n) is 29.5. The second-order valence-electron chi connectivity index (χ2n) is 23.1. The Morgan fingerprint density at radius 2 is 0.521 bits per heavy atom. The monoisotopic (exact) mass is 1340 g/mol. The molecular weight excluding hydrogens is 1280 g/mol. The molecule has 4 rings (SSSR count). The second-order valence-corrected chi connectivity index (χ2v) is 23.1. The highest BCUT2D eigenvalue weighted by Gasteiger charge is 2.34. The van der Waals surface area contributed by atoms with E-state index in [9.17, 15) is 158 Å². The van der Waals surface area contributed by atoms with Crippen LogP contribution in [0.5, 0.6) is 0 Å². The highest BCUT2D eigenvalue weighted by molar-refractivity contribution is 6.02. The summed E-state index contributed by atoms with van der Waals surface area (Å²) in [4.78, 5) is 179. The molecule has 0 aliphatic heterocycles. The zero-order chi connectivity index (χ0) is 73.8. The lowest BCUT2D eigenvalue weighted by Gasteiger charge is -2.37. The zero-order valence-electron chi connectivity index (χ0n) is 52.1. The van der Waals surface area contributed by atoms with Crippen LogP contribution in [-0.4, -0.2) is 95.5 Å². The molecule has 0 spiro atoms. The van der Waals surface area contributed by atoms with Gasteiger partial charge in [0.05, 0.1) is 47.8 Å². The minimum absolute atomic E-state index is 0.0273. The summed E-state index contributed by atoms with van der Waals surface area (Å²) in [6.45, 7) is 6.20. The van der Waals surface area contributed by atoms with Crippen molar-refractivity contribution in [1.82, 2.24) is 0 Å². The fourth-order valence-corrected chi connectivity index (χ4v) is 11.3. The van der Waals surface area contributed by atoms with E-state index in [1.54, 1.807) is 20.8 Å². The Balaban J connectivity index is 0.000000642. The van der Waals surface area contributed by atoms with E-state index in [1.807, 2.05) is 0 Å². The first-order valence-corrected chi connectivity index (χ1v) is 29.5. The minimum Gasteiger partial charge on any atom is -0.550 e. The number of allylic oxidation sites excluding steroid dienone is 4. The van der Waals surface area contributed by atoms with Gasteiger partial charge in [0.25, 0.3) is 0 Å². The molecule has 0 aromatic heterocycles. The van der Waals surface area contributed by atoms with Crippen molar-refractivity contribution in [3.05, 3.63) is 92.2 Å². The summed E-state index contributed by atoms with van der Waals surface area (Å²) in [6.07, 6.45) is 4.24. The minimum atomic E-state index is -1.70. The Kier molecular flexibility index (Phi) is 34.1. The summed E-state index contributed by atoms with van der Waals surface area (Å²) in [5.74, 6) is -36.8. The molecule has 4 aliphatic rings. The summed E-state index contributed by atoms with van der Waals surface area (Å²) in [5, 5.41) is 179. The maximum absolute atomic E-state index is 11.6. The number of carboxylic acids is 16. The molecule has 0 heterocycles. The highest BCUT2D eigenvalue weighted by Crippen LogP contribution is 2.41. The van der Waals surface area contributed by atoms with Crippen LogP contribution in [0.15, 0.2) is 92.2 Å². The molecule has 32 heteroatoms. The first-order chi connectivity index (χ1) is 44.6. The van der Waals surface area contributed by atoms with Gasteiger partial charge in [-0.25, -0.2) is 0 Å². The molecule has 32 nitrogen and oxygen atoms in total. The number of rotatable bonds is 16. The second kappa shape index (κ2) is 39.2. The molecule has 4 aliphatic carbocycles. The average molecular weight is 1350 g/mol. The van der Waals surface area contributed by atoms with Gasteiger partial charge in [0, 0.05) is 117 Å². The predicted octanol–water partition coefficient (Wildman–Crippen LogP) is -14.4. The third kappa shape index (κ3) is 25.4. The van der Waals surface area contributed by atoms with Crippen molar-refractivity contribution in [2.24, 2.45) is 52.8 Å². The van der Waals surface area contributed by atoms with Crippen molar-refractivity contribution in [3.8, 4) is 0 Å². The van der Waals surface area contributed by atoms with E-state index < -0.39 is 193 Å². The van der Waals surface area contributed by atoms with E-state index in [0.717, 1.165) is 18.2 Å². The quantitative estimate of drug-likeness (QED) is 0.138. The Labute approximate surface area is 547 Å². The van der Waals surface area contributed by atoms with Crippen LogP contribution in [0.3, 0.4) is 0 Å². The molecule has 0 aromatic carbocycles. The number of aliphatic carboxylic acids is 16. The van der Waals surface area contributed by atoms with Gasteiger partial charge in [-0.1, -0.05) is 55.9 Å². The fourth-order valence-electron chi connectivity index (χ4n) is 11.3. The van der Waals surface area contributed by atoms with Crippen LogP contribution in [0, 0.1) is 52.8 Å². The van der Waals surface area contributed by atoms with E-state index in [2.05, 4.69) is 0 Å². The van der Waals surface area contributed by atoms with Gasteiger partial charge in [0.2, 0.25) is 0 Å². The fraction of sp³-hybridized carbons (Fsp3) is 0.500. The van der Waals surface area contributed by atoms with Crippen molar-refractivity contribution in [1.29, 1.82) is 0 Å². The van der Waals surface area contributed by atoms with Crippen molar-refractivity contribution >= 4 is 95.5 Å². The summed E-state index contributed by atoms with van der Waals surface area (Å²) < 4.78 is 0. The van der Waals surface area contributed by atoms with Gasteiger partial charge >= 0.3 is 0 Å². The standard InChI is InChI=1S/C19H26O8.3C15H18O8/c1-9-10(2)19(3,4)8-13(17(24)25)11(15(20)21)6-5-7-12(16(22)23)14(9)18(26)27;3*16-12(17)8-4-1-2-5-9(13(18)19)11(15(22)23)7-3-6-10(8)14(20)21/h11,13H,5-8H2,1-4H3,(H,20,21)(H,22,23)(H,24,25)(H,26,27);3*1,4,9,11H,2-3,5-7H2,(H,16,17)(H,18,19)(H,20,21)(H,22,23)/p-16. The third-order valence-corrected chi connectivity index (χ3v) is 16.7. The van der Waals surface area contributed by atoms with E-state index in [1.165, 1.54) is 25.2 Å². The van der Waals surface area contributed by atoms with Gasteiger partial charge in [0.15, 0.2) is 0 Å². The number of carboxylic acid groups (broad SMARTS) is 16. The maximum atomic E-state index is 11.6. The summed E-state index contributed by atoms with van der Waals surface area (Å²) in [6, 6.07) is 0. The molecule has 0 N–H and O–H groups in total. The molecular formula is C64H64O32-16. The smallest absolute Gasteiger partial charge is 0.0721 e. The molecule has 0 saturated carbocycles. The SMILES string of the molecule is CC1=C(C)C(C)(C)CC(C(=O)[O-])C(C(=O)[O-])CCCC(C(=O)[O-])=C1C(=O)[O-].O=C([O-])C1=C(C(=O)[O-])CCCC(C(=O)[O-])C(C(=O)[O-])CCC=C1.O=C([O-])C1=C(C(=O)[O-])CCCC(C(=O)[O-])C(C(=O)[O-])CCC=C1.O=C([O-])C1=C(C(=O)[O-])CCCC(C(=O)[O-])C(C(=O)[O-])CCC=C1. The summed E-state index contributed by atoms with van der Waals surface area (Å²) in [5.41, 5.74) is -4.71. The number of carbonyl (C=O) groups excluding carboxylic acids is 16. The van der Waals surface area contributed by atoms with Gasteiger partial charge in [-0.15, -0.1) is 0 Å². The molecule has 0 radical (unpaired) electrons. The molecule has 0 aromatic rings. The summed E-state index contributed by atoms with van der Waals surface area (Å²) in [7, 11) is 0. The highest BCUT2D eigenvalue weighted by atomic mass is 16.4. The number of hydrogen-bond donors (Lipinski definition) is 0. The van der Waals surface area contributed by atoms with Gasteiger partial charge in [-0.05, 0) is 169 Å². The van der Waals surface area contributed by atoms with Crippen molar-refractivity contribution in [3.63, 3.8) is 0 Å². The first kappa shape index (κ1) is 83.5. The zero-order valence-corrected chi connectivity index (χ0v) is 52.1. The van der Waals surface area contributed by atoms with Gasteiger partial charge in [0.1, 0.15) is 0 Å². The predicted molar refractivity (Wildman–Crippen MR) is 283 cm³/mol. The molecule has 528 valence electrons. The van der Waals surface area contributed by atoms with E-state index >= 15 is 0 Å². The topological polar surface area (TPSA) is 642 Å². The Morgan fingerprint density at radius 1 is 0.302 bits per heavy atom. The third-order valence-electron chi connectivity index (χ3n) is 16.7. The van der Waals surface area contributed by atoms with Crippen LogP contribution in [0.1, 0.15) is 150 Å².